The van der Waals surface area contributed by atoms with Gasteiger partial charge < -0.3 is 4.42 Å². The third-order valence-electron chi connectivity index (χ3n) is 4.14. The summed E-state index contributed by atoms with van der Waals surface area (Å²) in [4.78, 5) is 0. The van der Waals surface area contributed by atoms with E-state index in [4.69, 9.17) is 4.42 Å². The Morgan fingerprint density at radius 1 is 1.04 bits per heavy atom. The monoisotopic (exact) mass is 456 g/mol. The van der Waals surface area contributed by atoms with Gasteiger partial charge in [-0.3, -0.25) is 0 Å². The summed E-state index contributed by atoms with van der Waals surface area (Å²) in [6.07, 6.45) is 0. The average Bonchev–Trinajstić information content (AvgIpc) is 3.36. The van der Waals surface area contributed by atoms with Gasteiger partial charge in [-0.05, 0) is 62.1 Å². The Hall–Kier alpha value is -2.52. The fraction of sp³-hybridized carbons (Fsp3) is 0.211. The highest BCUT2D eigenvalue weighted by atomic mass is 79.9. The molecule has 0 aliphatic rings. The zero-order valence-electron chi connectivity index (χ0n) is 15.3. The summed E-state index contributed by atoms with van der Waals surface area (Å²) in [6, 6.07) is 16.0. The predicted octanol–water partition coefficient (Wildman–Crippen LogP) is 4.89. The molecule has 7 nitrogen and oxygen atoms in total. The maximum atomic E-state index is 5.79. The molecular formula is C19H17BrN6OS. The number of hydrogen-bond donors (Lipinski definition) is 0. The molecule has 28 heavy (non-hydrogen) atoms. The first-order chi connectivity index (χ1) is 13.6. The topological polar surface area (TPSA) is 82.5 Å². The molecule has 0 atom stereocenters. The van der Waals surface area contributed by atoms with E-state index < -0.39 is 0 Å². The van der Waals surface area contributed by atoms with E-state index in [0.717, 1.165) is 15.7 Å². The number of hydrogen-bond acceptors (Lipinski definition) is 7. The van der Waals surface area contributed by atoms with E-state index in [1.54, 1.807) is 4.68 Å². The van der Waals surface area contributed by atoms with Crippen LogP contribution in [0.4, 0.5) is 0 Å². The minimum Gasteiger partial charge on any atom is -0.420 e. The molecule has 2 heterocycles. The van der Waals surface area contributed by atoms with Crippen LogP contribution in [0.2, 0.25) is 0 Å². The number of benzene rings is 2. The molecular weight excluding hydrogens is 440 g/mol. The summed E-state index contributed by atoms with van der Waals surface area (Å²) in [5.41, 5.74) is 3.05. The van der Waals surface area contributed by atoms with Crippen molar-refractivity contribution >= 4 is 27.7 Å². The lowest BCUT2D eigenvalue weighted by molar-refractivity contribution is 0.528. The van der Waals surface area contributed by atoms with E-state index in [1.165, 1.54) is 17.3 Å². The number of rotatable bonds is 6. The van der Waals surface area contributed by atoms with Gasteiger partial charge in [0.15, 0.2) is 0 Å². The van der Waals surface area contributed by atoms with Gasteiger partial charge in [0.1, 0.15) is 0 Å². The maximum absolute atomic E-state index is 5.79. The number of halogens is 1. The summed E-state index contributed by atoms with van der Waals surface area (Å²) >= 11 is 4.94. The van der Waals surface area contributed by atoms with Crippen LogP contribution in [0.5, 0.6) is 0 Å². The van der Waals surface area contributed by atoms with Crippen LogP contribution in [0.15, 0.2) is 62.6 Å². The summed E-state index contributed by atoms with van der Waals surface area (Å²) in [5.74, 6) is 1.95. The molecule has 0 spiro atoms. The molecule has 0 saturated carbocycles. The van der Waals surface area contributed by atoms with Gasteiger partial charge in [0.2, 0.25) is 16.9 Å². The summed E-state index contributed by atoms with van der Waals surface area (Å²) in [7, 11) is 0. The third-order valence-corrected chi connectivity index (χ3v) is 5.74. The van der Waals surface area contributed by atoms with Gasteiger partial charge in [-0.25, -0.2) is 0 Å². The van der Waals surface area contributed by atoms with E-state index in [2.05, 4.69) is 67.6 Å². The minimum absolute atomic E-state index is 0.474. The van der Waals surface area contributed by atoms with Crippen LogP contribution in [-0.4, -0.2) is 30.4 Å². The van der Waals surface area contributed by atoms with Crippen molar-refractivity contribution in [1.82, 2.24) is 30.4 Å². The second-order valence-electron chi connectivity index (χ2n) is 6.39. The number of tetrazole rings is 1. The zero-order chi connectivity index (χ0) is 19.5. The molecule has 0 radical (unpaired) electrons. The SMILES string of the molecule is CC(C)c1ccc(-n2nnnc2SCc2nnc(-c3ccccc3Br)o2)cc1. The fourth-order valence-electron chi connectivity index (χ4n) is 2.61. The van der Waals surface area contributed by atoms with Gasteiger partial charge >= 0.3 is 0 Å². The molecule has 0 fully saturated rings. The molecule has 0 amide bonds. The molecule has 2 aromatic carbocycles. The highest BCUT2D eigenvalue weighted by Crippen LogP contribution is 2.28. The van der Waals surface area contributed by atoms with E-state index in [9.17, 15) is 0 Å². The van der Waals surface area contributed by atoms with Crippen molar-refractivity contribution in [2.75, 3.05) is 0 Å². The largest absolute Gasteiger partial charge is 0.420 e. The second kappa shape index (κ2) is 8.24. The second-order valence-corrected chi connectivity index (χ2v) is 8.19. The lowest BCUT2D eigenvalue weighted by atomic mass is 10.0. The van der Waals surface area contributed by atoms with Gasteiger partial charge in [-0.15, -0.1) is 15.3 Å². The van der Waals surface area contributed by atoms with Gasteiger partial charge in [-0.2, -0.15) is 4.68 Å². The Kier molecular flexibility index (Phi) is 5.54. The van der Waals surface area contributed by atoms with Crippen LogP contribution in [-0.2, 0) is 5.75 Å². The van der Waals surface area contributed by atoms with Gasteiger partial charge in [-0.1, -0.05) is 49.9 Å². The van der Waals surface area contributed by atoms with Crippen molar-refractivity contribution in [2.45, 2.75) is 30.7 Å². The van der Waals surface area contributed by atoms with Crippen molar-refractivity contribution in [1.29, 1.82) is 0 Å². The molecule has 0 aliphatic heterocycles. The summed E-state index contributed by atoms with van der Waals surface area (Å²) in [5, 5.41) is 20.9. The fourth-order valence-corrected chi connectivity index (χ4v) is 3.80. The molecule has 142 valence electrons. The zero-order valence-corrected chi connectivity index (χ0v) is 17.7. The van der Waals surface area contributed by atoms with Crippen molar-refractivity contribution in [3.63, 3.8) is 0 Å². The lowest BCUT2D eigenvalue weighted by Crippen LogP contribution is -2.00. The average molecular weight is 457 g/mol. The molecule has 0 bridgehead atoms. The van der Waals surface area contributed by atoms with Gasteiger partial charge in [0.05, 0.1) is 17.0 Å². The van der Waals surface area contributed by atoms with Crippen LogP contribution in [0.1, 0.15) is 31.2 Å². The Bertz CT molecular complexity index is 1080. The standard InChI is InChI=1S/C19H17BrN6OS/c1-12(2)13-7-9-14(10-8-13)26-19(23-24-25-26)28-11-17-21-22-18(27-17)15-5-3-4-6-16(15)20/h3-10,12H,11H2,1-2H3. The van der Waals surface area contributed by atoms with Gasteiger partial charge in [0, 0.05) is 4.47 Å². The smallest absolute Gasteiger partial charge is 0.248 e. The summed E-state index contributed by atoms with van der Waals surface area (Å²) < 4.78 is 8.40. The molecule has 9 heteroatoms. The predicted molar refractivity (Wildman–Crippen MR) is 110 cm³/mol. The minimum atomic E-state index is 0.474. The normalized spacial score (nSPS) is 11.3. The molecule has 0 aliphatic carbocycles. The first kappa shape index (κ1) is 18.8. The van der Waals surface area contributed by atoms with E-state index in [1.807, 2.05) is 36.4 Å². The Balaban J connectivity index is 1.48. The molecule has 0 N–H and O–H groups in total. The van der Waals surface area contributed by atoms with Crippen molar-refractivity contribution in [3.8, 4) is 17.1 Å². The van der Waals surface area contributed by atoms with E-state index >= 15 is 0 Å². The number of thioether (sulfide) groups is 1. The highest BCUT2D eigenvalue weighted by Gasteiger charge is 2.14. The highest BCUT2D eigenvalue weighted by molar-refractivity contribution is 9.10. The lowest BCUT2D eigenvalue weighted by Gasteiger charge is -2.07. The number of nitrogens with zero attached hydrogens (tertiary/aromatic N) is 6. The third kappa shape index (κ3) is 4.00. The van der Waals surface area contributed by atoms with E-state index in [0.29, 0.717) is 28.6 Å². The van der Waals surface area contributed by atoms with Gasteiger partial charge in [0.25, 0.3) is 0 Å². The molecule has 4 rings (SSSR count). The van der Waals surface area contributed by atoms with Crippen LogP contribution >= 0.6 is 27.7 Å². The first-order valence-corrected chi connectivity index (χ1v) is 10.5. The van der Waals surface area contributed by atoms with E-state index in [-0.39, 0.29) is 0 Å². The van der Waals surface area contributed by atoms with Crippen molar-refractivity contribution < 1.29 is 4.42 Å². The first-order valence-electron chi connectivity index (χ1n) is 8.70. The Morgan fingerprint density at radius 3 is 2.57 bits per heavy atom. The van der Waals surface area contributed by atoms with Crippen LogP contribution in [0.25, 0.3) is 17.1 Å². The van der Waals surface area contributed by atoms with Crippen molar-refractivity contribution in [3.05, 3.63) is 64.5 Å². The number of aromatic nitrogens is 6. The summed E-state index contributed by atoms with van der Waals surface area (Å²) in [6.45, 7) is 4.33. The quantitative estimate of drug-likeness (QED) is 0.381. The molecule has 0 unspecified atom stereocenters. The van der Waals surface area contributed by atoms with Crippen molar-refractivity contribution in [2.24, 2.45) is 0 Å². The Labute approximate surface area is 174 Å². The van der Waals surface area contributed by atoms with Crippen LogP contribution in [0, 0.1) is 0 Å². The maximum Gasteiger partial charge on any atom is 0.248 e. The molecule has 2 aromatic heterocycles. The Morgan fingerprint density at radius 2 is 1.82 bits per heavy atom. The molecule has 0 saturated heterocycles. The van der Waals surface area contributed by atoms with Crippen LogP contribution < -0.4 is 0 Å². The van der Waals surface area contributed by atoms with Crippen LogP contribution in [0.3, 0.4) is 0 Å². The molecule has 4 aromatic rings.